The van der Waals surface area contributed by atoms with Gasteiger partial charge in [0.25, 0.3) is 0 Å². The third kappa shape index (κ3) is 6.70. The molecule has 0 spiro atoms. The minimum absolute atomic E-state index is 0.00606. The van der Waals surface area contributed by atoms with E-state index in [0.717, 1.165) is 0 Å². The van der Waals surface area contributed by atoms with Crippen LogP contribution in [0.25, 0.3) is 0 Å². The smallest absolute Gasteiger partial charge is 0.227 e. The average Bonchev–Trinajstić information content (AvgIpc) is 1.82. The van der Waals surface area contributed by atoms with Gasteiger partial charge in [-0.1, -0.05) is 0 Å². The Morgan fingerprint density at radius 2 is 1.64 bits per heavy atom. The second-order valence-electron chi connectivity index (χ2n) is 2.36. The van der Waals surface area contributed by atoms with Gasteiger partial charge in [-0.05, 0) is 13.8 Å². The summed E-state index contributed by atoms with van der Waals surface area (Å²) in [5, 5.41) is 2.30. The summed E-state index contributed by atoms with van der Waals surface area (Å²) in [6.45, 7) is 2.70. The Hall–Kier alpha value is -1.19. The normalized spacial score (nSPS) is 8.91. The van der Waals surface area contributed by atoms with Gasteiger partial charge in [0.2, 0.25) is 5.91 Å². The van der Waals surface area contributed by atoms with E-state index in [0.29, 0.717) is 0 Å². The number of ketones is 2. The minimum atomic E-state index is -0.396. The molecule has 4 nitrogen and oxygen atoms in total. The van der Waals surface area contributed by atoms with Crippen molar-refractivity contribution in [3.63, 3.8) is 0 Å². The second kappa shape index (κ2) is 4.60. The summed E-state index contributed by atoms with van der Waals surface area (Å²) in [7, 11) is 0. The van der Waals surface area contributed by atoms with Crippen LogP contribution in [0.2, 0.25) is 0 Å². The number of carbonyl (C=O) groups excluding carboxylic acids is 3. The minimum Gasteiger partial charge on any atom is -0.349 e. The first-order valence-electron chi connectivity index (χ1n) is 3.28. The number of rotatable bonds is 4. The molecule has 0 saturated heterocycles. The molecule has 0 aromatic heterocycles. The maximum Gasteiger partial charge on any atom is 0.227 e. The van der Waals surface area contributed by atoms with Crippen molar-refractivity contribution in [2.75, 3.05) is 6.54 Å². The maximum atomic E-state index is 10.7. The molecular formula is C7H11NO3. The first kappa shape index (κ1) is 9.81. The van der Waals surface area contributed by atoms with Gasteiger partial charge in [-0.25, -0.2) is 0 Å². The number of hydrogen-bond acceptors (Lipinski definition) is 3. The van der Waals surface area contributed by atoms with Crippen molar-refractivity contribution in [2.24, 2.45) is 0 Å². The monoisotopic (exact) mass is 157 g/mol. The van der Waals surface area contributed by atoms with Crippen molar-refractivity contribution in [3.05, 3.63) is 0 Å². The lowest BCUT2D eigenvalue weighted by Gasteiger charge is -1.98. The van der Waals surface area contributed by atoms with E-state index in [4.69, 9.17) is 0 Å². The second-order valence-corrected chi connectivity index (χ2v) is 2.36. The third-order valence-corrected chi connectivity index (χ3v) is 0.944. The molecule has 4 heteroatoms. The maximum absolute atomic E-state index is 10.7. The zero-order chi connectivity index (χ0) is 8.85. The largest absolute Gasteiger partial charge is 0.349 e. The lowest BCUT2D eigenvalue weighted by Crippen LogP contribution is -2.29. The fourth-order valence-electron chi connectivity index (χ4n) is 0.512. The highest BCUT2D eigenvalue weighted by Crippen LogP contribution is 1.80. The Labute approximate surface area is 65.0 Å². The SMILES string of the molecule is CC(=O)CNC(=O)CC(C)=O. The molecule has 0 atom stereocenters. The van der Waals surface area contributed by atoms with Gasteiger partial charge in [0, 0.05) is 0 Å². The molecule has 0 unspecified atom stereocenters. The van der Waals surface area contributed by atoms with Gasteiger partial charge in [0.05, 0.1) is 13.0 Å². The number of nitrogens with one attached hydrogen (secondary N) is 1. The summed E-state index contributed by atoms with van der Waals surface area (Å²) < 4.78 is 0. The zero-order valence-corrected chi connectivity index (χ0v) is 6.64. The molecule has 0 aliphatic rings. The summed E-state index contributed by atoms with van der Waals surface area (Å²) in [5.74, 6) is -0.722. The van der Waals surface area contributed by atoms with Gasteiger partial charge in [-0.3, -0.25) is 14.4 Å². The van der Waals surface area contributed by atoms with Crippen LogP contribution in [0.3, 0.4) is 0 Å². The van der Waals surface area contributed by atoms with E-state index in [9.17, 15) is 14.4 Å². The van der Waals surface area contributed by atoms with Gasteiger partial charge in [-0.15, -0.1) is 0 Å². The molecule has 0 saturated carbocycles. The van der Waals surface area contributed by atoms with Gasteiger partial charge in [0.15, 0.2) is 0 Å². The van der Waals surface area contributed by atoms with Crippen molar-refractivity contribution in [1.82, 2.24) is 5.32 Å². The van der Waals surface area contributed by atoms with Crippen LogP contribution < -0.4 is 5.32 Å². The molecule has 0 aromatic carbocycles. The summed E-state index contributed by atoms with van der Waals surface area (Å²) >= 11 is 0. The summed E-state index contributed by atoms with van der Waals surface area (Å²) in [6.07, 6.45) is -0.146. The van der Waals surface area contributed by atoms with E-state index in [1.807, 2.05) is 0 Å². The van der Waals surface area contributed by atoms with Crippen LogP contribution in [0.1, 0.15) is 20.3 Å². The van der Waals surface area contributed by atoms with Crippen molar-refractivity contribution in [2.45, 2.75) is 20.3 Å². The number of carbonyl (C=O) groups is 3. The molecule has 0 rings (SSSR count). The molecular weight excluding hydrogens is 146 g/mol. The van der Waals surface area contributed by atoms with Crippen LogP contribution in [0.15, 0.2) is 0 Å². The van der Waals surface area contributed by atoms with Crippen LogP contribution in [0, 0.1) is 0 Å². The Morgan fingerprint density at radius 3 is 2.00 bits per heavy atom. The highest BCUT2D eigenvalue weighted by atomic mass is 16.2. The van der Waals surface area contributed by atoms with Gasteiger partial charge in [0.1, 0.15) is 11.6 Å². The summed E-state index contributed by atoms with van der Waals surface area (Å²) in [5.41, 5.74) is 0. The molecule has 1 N–H and O–H groups in total. The molecule has 11 heavy (non-hydrogen) atoms. The van der Waals surface area contributed by atoms with Crippen molar-refractivity contribution >= 4 is 17.5 Å². The fraction of sp³-hybridized carbons (Fsp3) is 0.571. The van der Waals surface area contributed by atoms with E-state index in [2.05, 4.69) is 5.32 Å². The predicted octanol–water partition coefficient (Wildman–Crippen LogP) is -0.329. The van der Waals surface area contributed by atoms with Crippen LogP contribution in [0.4, 0.5) is 0 Å². The van der Waals surface area contributed by atoms with E-state index in [1.54, 1.807) is 0 Å². The Morgan fingerprint density at radius 1 is 1.09 bits per heavy atom. The zero-order valence-electron chi connectivity index (χ0n) is 6.64. The fourth-order valence-corrected chi connectivity index (χ4v) is 0.512. The van der Waals surface area contributed by atoms with Crippen LogP contribution in [-0.2, 0) is 14.4 Å². The average molecular weight is 157 g/mol. The van der Waals surface area contributed by atoms with E-state index in [-0.39, 0.29) is 24.5 Å². The topological polar surface area (TPSA) is 63.2 Å². The predicted molar refractivity (Wildman–Crippen MR) is 39.0 cm³/mol. The molecule has 1 amide bonds. The van der Waals surface area contributed by atoms with Crippen molar-refractivity contribution < 1.29 is 14.4 Å². The van der Waals surface area contributed by atoms with Crippen LogP contribution >= 0.6 is 0 Å². The van der Waals surface area contributed by atoms with Gasteiger partial charge in [-0.2, -0.15) is 0 Å². The van der Waals surface area contributed by atoms with Crippen molar-refractivity contribution in [1.29, 1.82) is 0 Å². The Kier molecular flexibility index (Phi) is 4.10. The Balaban J connectivity index is 3.53. The number of amides is 1. The molecule has 62 valence electrons. The van der Waals surface area contributed by atoms with Gasteiger partial charge >= 0.3 is 0 Å². The van der Waals surface area contributed by atoms with Crippen LogP contribution in [-0.4, -0.2) is 24.0 Å². The summed E-state index contributed by atoms with van der Waals surface area (Å²) in [4.78, 5) is 31.4. The molecule has 0 bridgehead atoms. The van der Waals surface area contributed by atoms with E-state index >= 15 is 0 Å². The molecule has 0 fully saturated rings. The van der Waals surface area contributed by atoms with E-state index in [1.165, 1.54) is 13.8 Å². The van der Waals surface area contributed by atoms with E-state index < -0.39 is 5.91 Å². The molecule has 0 radical (unpaired) electrons. The quantitative estimate of drug-likeness (QED) is 0.568. The lowest BCUT2D eigenvalue weighted by molar-refractivity contribution is -0.128. The molecule has 0 heterocycles. The summed E-state index contributed by atoms with van der Waals surface area (Å²) in [6, 6.07) is 0. The first-order chi connectivity index (χ1) is 5.02. The molecule has 0 aliphatic carbocycles. The third-order valence-electron chi connectivity index (χ3n) is 0.944. The molecule has 0 aliphatic heterocycles. The van der Waals surface area contributed by atoms with Crippen molar-refractivity contribution in [3.8, 4) is 0 Å². The Bertz CT molecular complexity index is 186. The standard InChI is InChI=1S/C7H11NO3/c1-5(9)3-7(11)8-4-6(2)10/h3-4H2,1-2H3,(H,8,11). The molecule has 0 aromatic rings. The van der Waals surface area contributed by atoms with Crippen LogP contribution in [0.5, 0.6) is 0 Å². The lowest BCUT2D eigenvalue weighted by atomic mass is 10.3. The first-order valence-corrected chi connectivity index (χ1v) is 3.28. The number of hydrogen-bond donors (Lipinski definition) is 1. The van der Waals surface area contributed by atoms with Gasteiger partial charge < -0.3 is 5.32 Å². The number of Topliss-reactive ketones (excluding diaryl/α,β-unsaturated/α-hetero) is 2. The highest BCUT2D eigenvalue weighted by Gasteiger charge is 2.04. The highest BCUT2D eigenvalue weighted by molar-refractivity contribution is 5.97.